The number of ether oxygens (including phenoxy) is 3. The summed E-state index contributed by atoms with van der Waals surface area (Å²) in [6.07, 6.45) is 1.54. The maximum Gasteiger partial charge on any atom is 0.254 e. The molecule has 0 bridgehead atoms. The molecular weight excluding hydrogens is 282 g/mol. The first-order valence-corrected chi connectivity index (χ1v) is 7.89. The normalized spacial score (nSPS) is 18.0. The SMILES string of the molecule is CCOC(OCC)[C@@H]1CCCN1C(=O)c1ccc(OC)cc1. The highest BCUT2D eigenvalue weighted by Crippen LogP contribution is 2.25. The fourth-order valence-corrected chi connectivity index (χ4v) is 2.83. The summed E-state index contributed by atoms with van der Waals surface area (Å²) in [6, 6.07) is 7.19. The Labute approximate surface area is 132 Å². The van der Waals surface area contributed by atoms with E-state index in [1.165, 1.54) is 0 Å². The van der Waals surface area contributed by atoms with Gasteiger partial charge in [-0.25, -0.2) is 0 Å². The van der Waals surface area contributed by atoms with Gasteiger partial charge < -0.3 is 19.1 Å². The molecule has 1 saturated heterocycles. The molecule has 0 spiro atoms. The largest absolute Gasteiger partial charge is 0.497 e. The van der Waals surface area contributed by atoms with E-state index in [-0.39, 0.29) is 18.2 Å². The maximum absolute atomic E-state index is 12.7. The monoisotopic (exact) mass is 307 g/mol. The van der Waals surface area contributed by atoms with E-state index in [9.17, 15) is 4.79 Å². The van der Waals surface area contributed by atoms with E-state index in [0.717, 1.165) is 25.1 Å². The number of benzene rings is 1. The molecule has 0 aromatic heterocycles. The molecule has 0 aliphatic carbocycles. The topological polar surface area (TPSA) is 48.0 Å². The highest BCUT2D eigenvalue weighted by atomic mass is 16.7. The lowest BCUT2D eigenvalue weighted by Gasteiger charge is -2.31. The van der Waals surface area contributed by atoms with Crippen LogP contribution >= 0.6 is 0 Å². The van der Waals surface area contributed by atoms with Crippen molar-refractivity contribution in [2.24, 2.45) is 0 Å². The van der Waals surface area contributed by atoms with E-state index < -0.39 is 0 Å². The second kappa shape index (κ2) is 8.15. The van der Waals surface area contributed by atoms with Crippen LogP contribution in [0.1, 0.15) is 37.0 Å². The average Bonchev–Trinajstić information content (AvgIpc) is 3.03. The number of hydrogen-bond acceptors (Lipinski definition) is 4. The van der Waals surface area contributed by atoms with E-state index in [1.54, 1.807) is 31.4 Å². The molecule has 1 atom stereocenters. The van der Waals surface area contributed by atoms with Crippen LogP contribution in [0.5, 0.6) is 5.75 Å². The molecule has 1 aliphatic heterocycles. The molecule has 0 saturated carbocycles. The molecule has 0 unspecified atom stereocenters. The van der Waals surface area contributed by atoms with Crippen LogP contribution in [0.25, 0.3) is 0 Å². The Morgan fingerprint density at radius 2 is 1.86 bits per heavy atom. The van der Waals surface area contributed by atoms with Crippen molar-refractivity contribution in [3.05, 3.63) is 29.8 Å². The third-order valence-corrected chi connectivity index (χ3v) is 3.87. The van der Waals surface area contributed by atoms with Gasteiger partial charge >= 0.3 is 0 Å². The molecule has 1 aliphatic rings. The second-order valence-corrected chi connectivity index (χ2v) is 5.22. The van der Waals surface area contributed by atoms with Crippen molar-refractivity contribution in [2.75, 3.05) is 26.9 Å². The zero-order chi connectivity index (χ0) is 15.9. The standard InChI is InChI=1S/C17H25NO4/c1-4-21-17(22-5-2)15-7-6-12-18(15)16(19)13-8-10-14(20-3)11-9-13/h8-11,15,17H,4-7,12H2,1-3H3/t15-/m0/s1. The summed E-state index contributed by atoms with van der Waals surface area (Å²) in [4.78, 5) is 14.6. The number of hydrogen-bond donors (Lipinski definition) is 0. The van der Waals surface area contributed by atoms with Gasteiger partial charge in [-0.2, -0.15) is 0 Å². The highest BCUT2D eigenvalue weighted by molar-refractivity contribution is 5.94. The van der Waals surface area contributed by atoms with Gasteiger partial charge in [0.1, 0.15) is 5.75 Å². The molecule has 1 heterocycles. The Morgan fingerprint density at radius 3 is 2.41 bits per heavy atom. The Balaban J connectivity index is 2.12. The van der Waals surface area contributed by atoms with Crippen LogP contribution in [0.3, 0.4) is 0 Å². The predicted molar refractivity (Wildman–Crippen MR) is 84.1 cm³/mol. The molecule has 1 aromatic carbocycles. The Hall–Kier alpha value is -1.59. The number of amides is 1. The van der Waals surface area contributed by atoms with Crippen LogP contribution in [0.2, 0.25) is 0 Å². The summed E-state index contributed by atoms with van der Waals surface area (Å²) in [6.45, 7) is 5.77. The van der Waals surface area contributed by atoms with E-state index in [1.807, 2.05) is 18.7 Å². The Bertz CT molecular complexity index is 468. The molecule has 2 rings (SSSR count). The molecule has 122 valence electrons. The van der Waals surface area contributed by atoms with Crippen molar-refractivity contribution in [2.45, 2.75) is 39.0 Å². The number of likely N-dealkylation sites (tertiary alicyclic amines) is 1. The highest BCUT2D eigenvalue weighted by Gasteiger charge is 2.36. The lowest BCUT2D eigenvalue weighted by atomic mass is 10.1. The molecule has 1 amide bonds. The molecular formula is C17H25NO4. The fourth-order valence-electron chi connectivity index (χ4n) is 2.83. The zero-order valence-electron chi connectivity index (χ0n) is 13.6. The number of carbonyl (C=O) groups is 1. The van der Waals surface area contributed by atoms with Gasteiger partial charge in [0.15, 0.2) is 6.29 Å². The van der Waals surface area contributed by atoms with Gasteiger partial charge in [0.2, 0.25) is 0 Å². The summed E-state index contributed by atoms with van der Waals surface area (Å²) < 4.78 is 16.5. The van der Waals surface area contributed by atoms with Crippen molar-refractivity contribution in [3.8, 4) is 5.75 Å². The summed E-state index contributed by atoms with van der Waals surface area (Å²) in [5.74, 6) is 0.769. The smallest absolute Gasteiger partial charge is 0.254 e. The lowest BCUT2D eigenvalue weighted by Crippen LogP contribution is -2.45. The molecule has 1 aromatic rings. The van der Waals surface area contributed by atoms with Gasteiger partial charge in [0, 0.05) is 25.3 Å². The van der Waals surface area contributed by atoms with Gasteiger partial charge in [-0.15, -0.1) is 0 Å². The minimum Gasteiger partial charge on any atom is -0.497 e. The van der Waals surface area contributed by atoms with E-state index in [0.29, 0.717) is 18.8 Å². The van der Waals surface area contributed by atoms with Gasteiger partial charge in [-0.05, 0) is 51.0 Å². The second-order valence-electron chi connectivity index (χ2n) is 5.22. The van der Waals surface area contributed by atoms with E-state index >= 15 is 0 Å². The first kappa shape index (κ1) is 16.8. The third kappa shape index (κ3) is 3.78. The predicted octanol–water partition coefficient (Wildman–Crippen LogP) is 2.70. The van der Waals surface area contributed by atoms with Crippen LogP contribution in [0, 0.1) is 0 Å². The fraction of sp³-hybridized carbons (Fsp3) is 0.588. The van der Waals surface area contributed by atoms with Gasteiger partial charge in [0.05, 0.1) is 13.2 Å². The van der Waals surface area contributed by atoms with Crippen LogP contribution in [0.4, 0.5) is 0 Å². The minimum atomic E-state index is -0.348. The lowest BCUT2D eigenvalue weighted by molar-refractivity contribution is -0.163. The van der Waals surface area contributed by atoms with Crippen LogP contribution in [-0.2, 0) is 9.47 Å². The van der Waals surface area contributed by atoms with Crippen LogP contribution in [-0.4, -0.2) is 50.0 Å². The first-order valence-electron chi connectivity index (χ1n) is 7.89. The van der Waals surface area contributed by atoms with Crippen LogP contribution in [0.15, 0.2) is 24.3 Å². The summed E-state index contributed by atoms with van der Waals surface area (Å²) >= 11 is 0. The van der Waals surface area contributed by atoms with Gasteiger partial charge in [-0.3, -0.25) is 4.79 Å². The van der Waals surface area contributed by atoms with E-state index in [4.69, 9.17) is 14.2 Å². The van der Waals surface area contributed by atoms with Crippen molar-refractivity contribution >= 4 is 5.91 Å². The summed E-state index contributed by atoms with van der Waals surface area (Å²) in [5.41, 5.74) is 0.666. The number of carbonyl (C=O) groups excluding carboxylic acids is 1. The first-order chi connectivity index (χ1) is 10.7. The van der Waals surface area contributed by atoms with E-state index in [2.05, 4.69) is 0 Å². The third-order valence-electron chi connectivity index (χ3n) is 3.87. The quantitative estimate of drug-likeness (QED) is 0.727. The molecule has 0 radical (unpaired) electrons. The molecule has 5 nitrogen and oxygen atoms in total. The number of methoxy groups -OCH3 is 1. The van der Waals surface area contributed by atoms with Crippen LogP contribution < -0.4 is 4.74 Å². The molecule has 1 fully saturated rings. The van der Waals surface area contributed by atoms with Crippen molar-refractivity contribution in [3.63, 3.8) is 0 Å². The Kier molecular flexibility index (Phi) is 6.21. The summed E-state index contributed by atoms with van der Waals surface area (Å²) in [7, 11) is 1.61. The average molecular weight is 307 g/mol. The van der Waals surface area contributed by atoms with Gasteiger partial charge in [0.25, 0.3) is 5.91 Å². The van der Waals surface area contributed by atoms with Crippen molar-refractivity contribution in [1.29, 1.82) is 0 Å². The summed E-state index contributed by atoms with van der Waals surface area (Å²) in [5, 5.41) is 0. The number of rotatable bonds is 7. The van der Waals surface area contributed by atoms with Gasteiger partial charge in [-0.1, -0.05) is 0 Å². The Morgan fingerprint density at radius 1 is 1.23 bits per heavy atom. The molecule has 22 heavy (non-hydrogen) atoms. The molecule has 5 heteroatoms. The molecule has 0 N–H and O–H groups in total. The van der Waals surface area contributed by atoms with Crippen molar-refractivity contribution in [1.82, 2.24) is 4.90 Å². The van der Waals surface area contributed by atoms with Crippen molar-refractivity contribution < 1.29 is 19.0 Å². The minimum absolute atomic E-state index is 0.0190. The zero-order valence-corrected chi connectivity index (χ0v) is 13.6. The number of nitrogens with zero attached hydrogens (tertiary/aromatic N) is 1. The maximum atomic E-state index is 12.7.